The summed E-state index contributed by atoms with van der Waals surface area (Å²) in [5.41, 5.74) is 0.457. The zero-order chi connectivity index (χ0) is 22.0. The molecular weight excluding hydrogens is 394 g/mol. The molecule has 0 saturated heterocycles. The van der Waals surface area contributed by atoms with Crippen LogP contribution in [0.1, 0.15) is 99.4 Å². The van der Waals surface area contributed by atoms with Gasteiger partial charge in [-0.25, -0.2) is 13.6 Å². The highest BCUT2D eigenvalue weighted by Crippen LogP contribution is 2.49. The van der Waals surface area contributed by atoms with E-state index in [9.17, 15) is 9.18 Å². The summed E-state index contributed by atoms with van der Waals surface area (Å²) in [6, 6.07) is 5.72. The topological polar surface area (TPSA) is 37.3 Å². The van der Waals surface area contributed by atoms with Gasteiger partial charge < -0.3 is 5.11 Å². The second kappa shape index (κ2) is 9.67. The first-order valence-electron chi connectivity index (χ1n) is 12.1. The number of aromatic carboxylic acids is 1. The molecule has 0 radical (unpaired) electrons. The van der Waals surface area contributed by atoms with E-state index in [1.165, 1.54) is 57.4 Å². The summed E-state index contributed by atoms with van der Waals surface area (Å²) >= 11 is 0. The molecule has 2 aromatic rings. The molecule has 2 saturated carbocycles. The van der Waals surface area contributed by atoms with Gasteiger partial charge in [-0.15, -0.1) is 0 Å². The minimum Gasteiger partial charge on any atom is -0.478 e. The zero-order valence-corrected chi connectivity index (χ0v) is 18.5. The average Bonchev–Trinajstić information content (AvgIpc) is 2.76. The highest BCUT2D eigenvalue weighted by molar-refractivity contribution is 5.95. The van der Waals surface area contributed by atoms with E-state index in [4.69, 9.17) is 5.11 Å². The maximum absolute atomic E-state index is 15.3. The van der Waals surface area contributed by atoms with Crippen LogP contribution >= 0.6 is 0 Å². The minimum absolute atomic E-state index is 0.0691. The lowest BCUT2D eigenvalue weighted by atomic mass is 9.63. The van der Waals surface area contributed by atoms with Crippen LogP contribution in [-0.4, -0.2) is 11.1 Å². The molecule has 4 unspecified atom stereocenters. The number of carboxylic acid groups (broad SMARTS) is 1. The van der Waals surface area contributed by atoms with Gasteiger partial charge in [-0.1, -0.05) is 57.6 Å². The van der Waals surface area contributed by atoms with E-state index in [-0.39, 0.29) is 16.9 Å². The van der Waals surface area contributed by atoms with E-state index in [1.54, 1.807) is 12.1 Å². The van der Waals surface area contributed by atoms with Crippen molar-refractivity contribution in [3.05, 3.63) is 47.0 Å². The van der Waals surface area contributed by atoms with Crippen LogP contribution in [0.5, 0.6) is 0 Å². The summed E-state index contributed by atoms with van der Waals surface area (Å²) in [6.07, 6.45) is 13.7. The van der Waals surface area contributed by atoms with Crippen LogP contribution in [0.3, 0.4) is 0 Å². The van der Waals surface area contributed by atoms with Gasteiger partial charge in [0.1, 0.15) is 11.6 Å². The van der Waals surface area contributed by atoms with Crippen LogP contribution in [0, 0.1) is 29.4 Å². The Morgan fingerprint density at radius 1 is 1.00 bits per heavy atom. The largest absolute Gasteiger partial charge is 0.478 e. The molecule has 0 heterocycles. The Balaban J connectivity index is 1.45. The lowest BCUT2D eigenvalue weighted by molar-refractivity contribution is 0.0696. The summed E-state index contributed by atoms with van der Waals surface area (Å²) in [4.78, 5) is 11.2. The van der Waals surface area contributed by atoms with Crippen molar-refractivity contribution in [3.8, 4) is 0 Å². The summed E-state index contributed by atoms with van der Waals surface area (Å²) in [6.45, 7) is 2.25. The van der Waals surface area contributed by atoms with Crippen LogP contribution < -0.4 is 0 Å². The molecule has 0 amide bonds. The SMILES string of the molecule is CCCCCCC1CCC2CC(c3ccc4cc(C(=O)O)cc(F)c4c3F)CCC2C1. The van der Waals surface area contributed by atoms with Gasteiger partial charge in [0.2, 0.25) is 0 Å². The van der Waals surface area contributed by atoms with Gasteiger partial charge in [-0.2, -0.15) is 0 Å². The first-order valence-corrected chi connectivity index (χ1v) is 12.1. The number of rotatable bonds is 7. The number of unbranched alkanes of at least 4 members (excludes halogenated alkanes) is 3. The van der Waals surface area contributed by atoms with Gasteiger partial charge in [0.15, 0.2) is 0 Å². The summed E-state index contributed by atoms with van der Waals surface area (Å²) in [7, 11) is 0. The fourth-order valence-corrected chi connectivity index (χ4v) is 6.22. The number of benzene rings is 2. The standard InChI is InChI=1S/C27H34F2O2/c1-2-3-4-5-6-17-7-8-19-14-20(10-9-18(19)13-17)23-12-11-21-15-22(27(30)31)16-24(28)25(21)26(23)29/h11-12,15-20H,2-10,13-14H2,1H3,(H,30,31). The van der Waals surface area contributed by atoms with Crippen molar-refractivity contribution in [2.45, 2.75) is 83.5 Å². The second-order valence-corrected chi connectivity index (χ2v) is 9.89. The first kappa shape index (κ1) is 22.2. The lowest BCUT2D eigenvalue weighted by Crippen LogP contribution is -2.30. The summed E-state index contributed by atoms with van der Waals surface area (Å²) in [5.74, 6) is -0.0782. The number of halogens is 2. The van der Waals surface area contributed by atoms with Crippen molar-refractivity contribution in [2.24, 2.45) is 17.8 Å². The fraction of sp³-hybridized carbons (Fsp3) is 0.593. The molecule has 2 aliphatic rings. The molecule has 2 fully saturated rings. The number of carbonyl (C=O) groups is 1. The highest BCUT2D eigenvalue weighted by Gasteiger charge is 2.36. The quantitative estimate of drug-likeness (QED) is 0.453. The Labute approximate surface area is 184 Å². The molecule has 0 bridgehead atoms. The van der Waals surface area contributed by atoms with E-state index in [0.29, 0.717) is 16.9 Å². The lowest BCUT2D eigenvalue weighted by Gasteiger charge is -2.42. The third-order valence-corrected chi connectivity index (χ3v) is 7.91. The summed E-state index contributed by atoms with van der Waals surface area (Å²) < 4.78 is 29.9. The number of hydrogen-bond donors (Lipinski definition) is 1. The van der Waals surface area contributed by atoms with Crippen molar-refractivity contribution in [2.75, 3.05) is 0 Å². The molecular formula is C27H34F2O2. The van der Waals surface area contributed by atoms with E-state index in [0.717, 1.165) is 37.2 Å². The molecule has 0 aromatic heterocycles. The molecule has 31 heavy (non-hydrogen) atoms. The third kappa shape index (κ3) is 4.78. The van der Waals surface area contributed by atoms with Gasteiger partial charge in [0.25, 0.3) is 0 Å². The number of carboxylic acids is 1. The molecule has 1 N–H and O–H groups in total. The Kier molecular flexibility index (Phi) is 6.93. The normalized spacial score (nSPS) is 26.0. The van der Waals surface area contributed by atoms with Crippen LogP contribution in [0.25, 0.3) is 10.8 Å². The van der Waals surface area contributed by atoms with E-state index < -0.39 is 17.6 Å². The first-order chi connectivity index (χ1) is 15.0. The van der Waals surface area contributed by atoms with Gasteiger partial charge >= 0.3 is 5.97 Å². The second-order valence-electron chi connectivity index (χ2n) is 9.89. The van der Waals surface area contributed by atoms with Gasteiger partial charge in [0, 0.05) is 0 Å². The van der Waals surface area contributed by atoms with Crippen molar-refractivity contribution in [1.29, 1.82) is 0 Å². The van der Waals surface area contributed by atoms with Crippen molar-refractivity contribution in [3.63, 3.8) is 0 Å². The average molecular weight is 429 g/mol. The molecule has 2 aromatic carbocycles. The Morgan fingerprint density at radius 3 is 2.55 bits per heavy atom. The molecule has 2 nitrogen and oxygen atoms in total. The Morgan fingerprint density at radius 2 is 1.77 bits per heavy atom. The molecule has 168 valence electrons. The maximum Gasteiger partial charge on any atom is 0.335 e. The van der Waals surface area contributed by atoms with Crippen molar-refractivity contribution in [1.82, 2.24) is 0 Å². The minimum atomic E-state index is -1.20. The van der Waals surface area contributed by atoms with Crippen molar-refractivity contribution < 1.29 is 18.7 Å². The van der Waals surface area contributed by atoms with Crippen LogP contribution in [0.2, 0.25) is 0 Å². The highest BCUT2D eigenvalue weighted by atomic mass is 19.1. The third-order valence-electron chi connectivity index (χ3n) is 7.91. The monoisotopic (exact) mass is 428 g/mol. The van der Waals surface area contributed by atoms with Crippen LogP contribution in [0.15, 0.2) is 24.3 Å². The maximum atomic E-state index is 15.3. The predicted molar refractivity (Wildman–Crippen MR) is 120 cm³/mol. The zero-order valence-electron chi connectivity index (χ0n) is 18.5. The molecule has 2 aliphatic carbocycles. The van der Waals surface area contributed by atoms with Crippen LogP contribution in [-0.2, 0) is 0 Å². The van der Waals surface area contributed by atoms with Gasteiger partial charge in [-0.05, 0) is 78.9 Å². The fourth-order valence-electron chi connectivity index (χ4n) is 6.22. The van der Waals surface area contributed by atoms with E-state index in [1.807, 2.05) is 0 Å². The Hall–Kier alpha value is -1.97. The number of fused-ring (bicyclic) bond motifs is 2. The van der Waals surface area contributed by atoms with E-state index >= 15 is 4.39 Å². The van der Waals surface area contributed by atoms with Crippen LogP contribution in [0.4, 0.5) is 8.78 Å². The number of hydrogen-bond acceptors (Lipinski definition) is 1. The molecule has 4 atom stereocenters. The Bertz CT molecular complexity index is 938. The van der Waals surface area contributed by atoms with Gasteiger partial charge in [0.05, 0.1) is 10.9 Å². The molecule has 0 aliphatic heterocycles. The smallest absolute Gasteiger partial charge is 0.335 e. The molecule has 4 rings (SSSR count). The molecule has 0 spiro atoms. The molecule has 4 heteroatoms. The van der Waals surface area contributed by atoms with Gasteiger partial charge in [-0.3, -0.25) is 0 Å². The van der Waals surface area contributed by atoms with Crippen molar-refractivity contribution >= 4 is 16.7 Å². The van der Waals surface area contributed by atoms with E-state index in [2.05, 4.69) is 6.92 Å². The summed E-state index contributed by atoms with van der Waals surface area (Å²) in [5, 5.41) is 9.38. The predicted octanol–water partition coefficient (Wildman–Crippen LogP) is 8.09.